The van der Waals surface area contributed by atoms with Crippen LogP contribution in [0.25, 0.3) is 11.4 Å². The van der Waals surface area contributed by atoms with Crippen molar-refractivity contribution in [2.75, 3.05) is 0 Å². The van der Waals surface area contributed by atoms with Gasteiger partial charge in [0.2, 0.25) is 0 Å². The fraction of sp³-hybridized carbons (Fsp3) is 0.286. The summed E-state index contributed by atoms with van der Waals surface area (Å²) in [7, 11) is 0. The largest absolute Gasteiger partial charge is 0.490 e. The van der Waals surface area contributed by atoms with E-state index in [9.17, 15) is 18.0 Å². The molecule has 2 rings (SSSR count). The lowest BCUT2D eigenvalue weighted by molar-refractivity contribution is -0.754. The molecule has 0 spiro atoms. The Hall–Kier alpha value is -3.15. The second kappa shape index (κ2) is 9.36. The summed E-state index contributed by atoms with van der Waals surface area (Å²) in [5.74, 6) is -3.16. The number of halogens is 3. The minimum atomic E-state index is -5.08. The van der Waals surface area contributed by atoms with Crippen molar-refractivity contribution in [1.82, 2.24) is 15.1 Å². The number of hydrogen-bond acceptors (Lipinski definition) is 6. The Morgan fingerprint density at radius 3 is 2.23 bits per heavy atom. The number of nitrogens with zero attached hydrogens (tertiary/aromatic N) is 4. The molecule has 0 aliphatic heterocycles. The molecular formula is C14H15F3N5O4+. The van der Waals surface area contributed by atoms with Crippen LogP contribution in [0.5, 0.6) is 0 Å². The minimum Gasteiger partial charge on any atom is -0.480 e. The topological polar surface area (TPSA) is 143 Å². The summed E-state index contributed by atoms with van der Waals surface area (Å²) in [5.41, 5.74) is 6.23. The van der Waals surface area contributed by atoms with E-state index in [1.54, 1.807) is 35.5 Å². The van der Waals surface area contributed by atoms with E-state index >= 15 is 0 Å². The highest BCUT2D eigenvalue weighted by Crippen LogP contribution is 2.13. The molecule has 0 fully saturated rings. The maximum Gasteiger partial charge on any atom is 0.490 e. The molecule has 2 heterocycles. The van der Waals surface area contributed by atoms with Gasteiger partial charge < -0.3 is 15.9 Å². The minimum absolute atomic E-state index is 0.328. The highest BCUT2D eigenvalue weighted by atomic mass is 19.4. The van der Waals surface area contributed by atoms with Crippen molar-refractivity contribution in [2.24, 2.45) is 5.73 Å². The molecule has 140 valence electrons. The molecule has 0 radical (unpaired) electrons. The van der Waals surface area contributed by atoms with Gasteiger partial charge in [0.05, 0.1) is 0 Å². The second-order valence-electron chi connectivity index (χ2n) is 4.79. The van der Waals surface area contributed by atoms with Gasteiger partial charge in [-0.15, -0.1) is 0 Å². The third-order valence-corrected chi connectivity index (χ3v) is 2.82. The predicted octanol–water partition coefficient (Wildman–Crippen LogP) is 0.261. The molecule has 0 unspecified atom stereocenters. The number of aryl methyl sites for hydroxylation is 1. The maximum atomic E-state index is 10.6. The maximum absolute atomic E-state index is 10.6. The number of hydrogen-bond donors (Lipinski definition) is 3. The van der Waals surface area contributed by atoms with Crippen LogP contribution in [0.4, 0.5) is 13.2 Å². The molecule has 2 aromatic rings. The fourth-order valence-corrected chi connectivity index (χ4v) is 1.49. The molecule has 12 heteroatoms. The number of rotatable bonds is 5. The standard InChI is InChI=1S/C12H13N5O2.C2HF3O2/c13-10(12(18)19)3-7-17-6-2-9(8-16-17)11-14-4-1-5-15-11;3-2(4,5)1(6)7/h1-2,4-6,8,10H,3,7,13H2;(H,6,7)/p+1/t10-;/m0./s1. The monoisotopic (exact) mass is 374 g/mol. The van der Waals surface area contributed by atoms with Crippen molar-refractivity contribution in [1.29, 1.82) is 0 Å². The summed E-state index contributed by atoms with van der Waals surface area (Å²) in [6, 6.07) is 2.70. The van der Waals surface area contributed by atoms with Crippen molar-refractivity contribution in [2.45, 2.75) is 25.2 Å². The Labute approximate surface area is 144 Å². The van der Waals surface area contributed by atoms with Crippen LogP contribution in [-0.2, 0) is 16.1 Å². The van der Waals surface area contributed by atoms with Crippen molar-refractivity contribution in [3.8, 4) is 11.4 Å². The van der Waals surface area contributed by atoms with E-state index < -0.39 is 24.2 Å². The molecule has 26 heavy (non-hydrogen) atoms. The third kappa shape index (κ3) is 7.17. The zero-order valence-corrected chi connectivity index (χ0v) is 13.2. The smallest absolute Gasteiger partial charge is 0.480 e. The lowest BCUT2D eigenvalue weighted by atomic mass is 10.2. The summed E-state index contributed by atoms with van der Waals surface area (Å²) >= 11 is 0. The zero-order chi connectivity index (χ0) is 19.7. The first-order valence-electron chi connectivity index (χ1n) is 7.03. The van der Waals surface area contributed by atoms with E-state index in [-0.39, 0.29) is 0 Å². The number of carboxylic acid groups (broad SMARTS) is 2. The Kier molecular flexibility index (Phi) is 7.52. The lowest BCUT2D eigenvalue weighted by Crippen LogP contribution is -2.42. The second-order valence-corrected chi connectivity index (χ2v) is 4.79. The van der Waals surface area contributed by atoms with E-state index in [1.165, 1.54) is 0 Å². The van der Waals surface area contributed by atoms with Crippen molar-refractivity contribution < 1.29 is 37.7 Å². The average Bonchev–Trinajstić information content (AvgIpc) is 2.60. The SMILES string of the molecule is N[C@@H](CC[n+]1ccc(-c2ncccn2)cn1)C(=O)O.O=C(O)C(F)(F)F. The van der Waals surface area contributed by atoms with Gasteiger partial charge in [-0.2, -0.15) is 13.2 Å². The van der Waals surface area contributed by atoms with Crippen molar-refractivity contribution in [3.63, 3.8) is 0 Å². The molecule has 0 aliphatic carbocycles. The molecule has 1 atom stereocenters. The summed E-state index contributed by atoms with van der Waals surface area (Å²) in [4.78, 5) is 27.7. The molecule has 0 aliphatic rings. The van der Waals surface area contributed by atoms with Crippen molar-refractivity contribution in [3.05, 3.63) is 36.9 Å². The van der Waals surface area contributed by atoms with Gasteiger partial charge in [-0.1, -0.05) is 4.68 Å². The molecule has 0 amide bonds. The van der Waals surface area contributed by atoms with Crippen LogP contribution < -0.4 is 10.4 Å². The number of nitrogens with two attached hydrogens (primary N) is 1. The van der Waals surface area contributed by atoms with Crippen molar-refractivity contribution >= 4 is 11.9 Å². The van der Waals surface area contributed by atoms with E-state index in [1.807, 2.05) is 6.07 Å². The Balaban J connectivity index is 0.000000412. The Bertz CT molecular complexity index is 726. The number of carboxylic acids is 2. The average molecular weight is 374 g/mol. The predicted molar refractivity (Wildman–Crippen MR) is 79.4 cm³/mol. The molecule has 0 saturated heterocycles. The van der Waals surface area contributed by atoms with Crippen LogP contribution in [0.1, 0.15) is 6.42 Å². The van der Waals surface area contributed by atoms with Gasteiger partial charge in [0.15, 0.2) is 18.6 Å². The molecule has 0 bridgehead atoms. The van der Waals surface area contributed by atoms with E-state index in [0.717, 1.165) is 5.56 Å². The first-order valence-corrected chi connectivity index (χ1v) is 7.03. The summed E-state index contributed by atoms with van der Waals surface area (Å²) in [6.45, 7) is 0.448. The molecule has 2 aromatic heterocycles. The van der Waals surface area contributed by atoms with E-state index in [0.29, 0.717) is 18.8 Å². The number of alkyl halides is 3. The zero-order valence-electron chi connectivity index (χ0n) is 13.2. The number of aliphatic carboxylic acids is 2. The van der Waals surface area contributed by atoms with Gasteiger partial charge in [0, 0.05) is 30.4 Å². The third-order valence-electron chi connectivity index (χ3n) is 2.82. The highest BCUT2D eigenvalue weighted by molar-refractivity contribution is 5.73. The number of carbonyl (C=O) groups is 2. The van der Waals surface area contributed by atoms with Crippen LogP contribution in [-0.4, -0.2) is 49.4 Å². The summed E-state index contributed by atoms with van der Waals surface area (Å²) in [5, 5.41) is 20.0. The molecule has 9 nitrogen and oxygen atoms in total. The first-order chi connectivity index (χ1) is 12.1. The van der Waals surface area contributed by atoms with E-state index in [4.69, 9.17) is 20.7 Å². The van der Waals surface area contributed by atoms with Gasteiger partial charge in [-0.3, -0.25) is 4.79 Å². The van der Waals surface area contributed by atoms with Crippen LogP contribution in [0.15, 0.2) is 36.9 Å². The molecule has 0 aromatic carbocycles. The first kappa shape index (κ1) is 20.9. The van der Waals surface area contributed by atoms with Crippen LogP contribution in [0, 0.1) is 0 Å². The van der Waals surface area contributed by atoms with Crippen LogP contribution in [0.2, 0.25) is 0 Å². The summed E-state index contributed by atoms with van der Waals surface area (Å²) in [6.07, 6.45) is 1.96. The normalized spacial score (nSPS) is 11.8. The van der Waals surface area contributed by atoms with Gasteiger partial charge in [-0.05, 0) is 11.2 Å². The van der Waals surface area contributed by atoms with Crippen LogP contribution >= 0.6 is 0 Å². The van der Waals surface area contributed by atoms with Crippen LogP contribution in [0.3, 0.4) is 0 Å². The molecular weight excluding hydrogens is 359 g/mol. The Morgan fingerprint density at radius 2 is 1.81 bits per heavy atom. The lowest BCUT2D eigenvalue weighted by Gasteiger charge is -2.02. The quantitative estimate of drug-likeness (QED) is 0.633. The van der Waals surface area contributed by atoms with Gasteiger partial charge in [0.25, 0.3) is 0 Å². The highest BCUT2D eigenvalue weighted by Gasteiger charge is 2.38. The van der Waals surface area contributed by atoms with Gasteiger partial charge in [-0.25, -0.2) is 14.8 Å². The summed E-state index contributed by atoms with van der Waals surface area (Å²) < 4.78 is 33.4. The Morgan fingerprint density at radius 1 is 1.23 bits per heavy atom. The molecule has 4 N–H and O–H groups in total. The van der Waals surface area contributed by atoms with Gasteiger partial charge >= 0.3 is 18.1 Å². The molecule has 0 saturated carbocycles. The van der Waals surface area contributed by atoms with Gasteiger partial charge in [0.1, 0.15) is 12.2 Å². The van der Waals surface area contributed by atoms with E-state index in [2.05, 4.69) is 15.1 Å². The fourth-order valence-electron chi connectivity index (χ4n) is 1.49. The number of aromatic nitrogens is 4.